The van der Waals surface area contributed by atoms with Gasteiger partial charge in [-0.05, 0) is 44.9 Å². The van der Waals surface area contributed by atoms with Gasteiger partial charge >= 0.3 is 0 Å². The lowest BCUT2D eigenvalue weighted by molar-refractivity contribution is -0.0842. The summed E-state index contributed by atoms with van der Waals surface area (Å²) in [6.07, 6.45) is 5.98. The Hall–Kier alpha value is -0.120. The minimum absolute atomic E-state index is 0.392. The monoisotopic (exact) mass is 230 g/mol. The third-order valence-electron chi connectivity index (χ3n) is 3.87. The largest absolute Gasteiger partial charge is 0.390 e. The molecule has 2 N–H and O–H groups in total. The van der Waals surface area contributed by atoms with Crippen molar-refractivity contribution in [3.8, 4) is 0 Å². The summed E-state index contributed by atoms with van der Waals surface area (Å²) in [7, 11) is 0. The lowest BCUT2D eigenvalue weighted by Gasteiger charge is -2.31. The van der Waals surface area contributed by atoms with Crippen molar-refractivity contribution in [1.82, 2.24) is 0 Å². The highest BCUT2D eigenvalue weighted by molar-refractivity contribution is 4.83. The third kappa shape index (κ3) is 3.72. The molecule has 1 heterocycles. The quantitative estimate of drug-likeness (QED) is 0.705. The molecule has 2 atom stereocenters. The third-order valence-corrected chi connectivity index (χ3v) is 3.87. The van der Waals surface area contributed by atoms with Crippen LogP contribution in [-0.2, 0) is 4.74 Å². The van der Waals surface area contributed by atoms with Crippen molar-refractivity contribution in [3.05, 3.63) is 0 Å². The molecule has 0 aromatic heterocycles. The Morgan fingerprint density at radius 3 is 2.56 bits per heavy atom. The van der Waals surface area contributed by atoms with Crippen LogP contribution in [0.4, 0.5) is 0 Å². The van der Waals surface area contributed by atoms with Gasteiger partial charge in [-0.15, -0.1) is 0 Å². The summed E-state index contributed by atoms with van der Waals surface area (Å²) in [6, 6.07) is 0. The number of aliphatic hydroxyl groups is 2. The van der Waals surface area contributed by atoms with Crippen LogP contribution in [0.3, 0.4) is 0 Å². The van der Waals surface area contributed by atoms with Gasteiger partial charge < -0.3 is 14.9 Å². The molecule has 0 aliphatic carbocycles. The van der Waals surface area contributed by atoms with Gasteiger partial charge in [0, 0.05) is 6.61 Å². The van der Waals surface area contributed by atoms with Crippen LogP contribution in [0.25, 0.3) is 0 Å². The van der Waals surface area contributed by atoms with Crippen LogP contribution in [0.5, 0.6) is 0 Å². The van der Waals surface area contributed by atoms with E-state index in [1.54, 1.807) is 0 Å². The molecule has 0 bridgehead atoms. The van der Waals surface area contributed by atoms with Gasteiger partial charge in [-0.3, -0.25) is 0 Å². The molecule has 0 radical (unpaired) electrons. The Morgan fingerprint density at radius 1 is 1.38 bits per heavy atom. The van der Waals surface area contributed by atoms with Gasteiger partial charge in [0.2, 0.25) is 0 Å². The van der Waals surface area contributed by atoms with Gasteiger partial charge in [-0.1, -0.05) is 13.8 Å². The number of rotatable bonds is 7. The summed E-state index contributed by atoms with van der Waals surface area (Å²) in [5.41, 5.74) is -0.892. The van der Waals surface area contributed by atoms with Crippen LogP contribution in [0, 0.1) is 0 Å². The van der Waals surface area contributed by atoms with Gasteiger partial charge in [0.05, 0.1) is 17.8 Å². The second kappa shape index (κ2) is 6.58. The van der Waals surface area contributed by atoms with Crippen LogP contribution < -0.4 is 0 Å². The highest BCUT2D eigenvalue weighted by atomic mass is 16.5. The predicted molar refractivity (Wildman–Crippen MR) is 64.4 cm³/mol. The van der Waals surface area contributed by atoms with E-state index in [1.807, 2.05) is 13.8 Å². The molecule has 96 valence electrons. The zero-order valence-electron chi connectivity index (χ0n) is 10.6. The van der Waals surface area contributed by atoms with E-state index in [2.05, 4.69) is 0 Å². The highest BCUT2D eigenvalue weighted by Crippen LogP contribution is 2.25. The van der Waals surface area contributed by atoms with Crippen molar-refractivity contribution < 1.29 is 14.9 Å². The van der Waals surface area contributed by atoms with Crippen molar-refractivity contribution in [3.63, 3.8) is 0 Å². The lowest BCUT2D eigenvalue weighted by atomic mass is 9.87. The second-order valence-electron chi connectivity index (χ2n) is 4.89. The SMILES string of the molecule is CCC(O)(CC)C(O)CCCC1CCCO1. The average Bonchev–Trinajstić information content (AvgIpc) is 2.80. The topological polar surface area (TPSA) is 49.7 Å². The first kappa shape index (κ1) is 13.9. The maximum Gasteiger partial charge on any atom is 0.0900 e. The van der Waals surface area contributed by atoms with Crippen molar-refractivity contribution in [2.45, 2.75) is 76.6 Å². The fraction of sp³-hybridized carbons (Fsp3) is 1.00. The zero-order valence-corrected chi connectivity index (χ0v) is 10.6. The summed E-state index contributed by atoms with van der Waals surface area (Å²) in [5.74, 6) is 0. The predicted octanol–water partition coefficient (Wildman–Crippen LogP) is 2.25. The van der Waals surface area contributed by atoms with E-state index in [0.29, 0.717) is 25.4 Å². The molecule has 1 fully saturated rings. The molecule has 0 saturated carbocycles. The van der Waals surface area contributed by atoms with E-state index >= 15 is 0 Å². The van der Waals surface area contributed by atoms with Crippen LogP contribution in [0.2, 0.25) is 0 Å². The van der Waals surface area contributed by atoms with Crippen LogP contribution in [0.1, 0.15) is 58.8 Å². The fourth-order valence-electron chi connectivity index (χ4n) is 2.40. The van der Waals surface area contributed by atoms with E-state index in [0.717, 1.165) is 25.9 Å². The summed E-state index contributed by atoms with van der Waals surface area (Å²) in [5, 5.41) is 20.1. The molecule has 1 aliphatic rings. The number of ether oxygens (including phenoxy) is 1. The van der Waals surface area contributed by atoms with Crippen molar-refractivity contribution in [2.24, 2.45) is 0 Å². The van der Waals surface area contributed by atoms with E-state index in [9.17, 15) is 10.2 Å². The maximum absolute atomic E-state index is 10.1. The van der Waals surface area contributed by atoms with Crippen molar-refractivity contribution in [2.75, 3.05) is 6.61 Å². The second-order valence-corrected chi connectivity index (χ2v) is 4.89. The van der Waals surface area contributed by atoms with Crippen LogP contribution in [-0.4, -0.2) is 34.6 Å². The number of aliphatic hydroxyl groups excluding tert-OH is 1. The van der Waals surface area contributed by atoms with Crippen molar-refractivity contribution in [1.29, 1.82) is 0 Å². The molecule has 2 unspecified atom stereocenters. The Kier molecular flexibility index (Phi) is 5.73. The van der Waals surface area contributed by atoms with Crippen LogP contribution >= 0.6 is 0 Å². The van der Waals surface area contributed by atoms with Gasteiger partial charge in [0.25, 0.3) is 0 Å². The first-order valence-electron chi connectivity index (χ1n) is 6.64. The molecule has 3 heteroatoms. The Labute approximate surface area is 98.8 Å². The van der Waals surface area contributed by atoms with Gasteiger partial charge in [0.15, 0.2) is 0 Å². The zero-order chi connectivity index (χ0) is 12.0. The van der Waals surface area contributed by atoms with Gasteiger partial charge in [0.1, 0.15) is 0 Å². The normalized spacial score (nSPS) is 23.6. The van der Waals surface area contributed by atoms with Crippen molar-refractivity contribution >= 4 is 0 Å². The highest BCUT2D eigenvalue weighted by Gasteiger charge is 2.31. The summed E-state index contributed by atoms with van der Waals surface area (Å²) in [6.45, 7) is 4.74. The summed E-state index contributed by atoms with van der Waals surface area (Å²) in [4.78, 5) is 0. The average molecular weight is 230 g/mol. The summed E-state index contributed by atoms with van der Waals surface area (Å²) < 4.78 is 5.53. The molecule has 0 amide bonds. The molecule has 0 spiro atoms. The molecule has 1 saturated heterocycles. The smallest absolute Gasteiger partial charge is 0.0900 e. The minimum atomic E-state index is -0.892. The van der Waals surface area contributed by atoms with E-state index in [4.69, 9.17) is 4.74 Å². The molecule has 3 nitrogen and oxygen atoms in total. The Morgan fingerprint density at radius 2 is 2.06 bits per heavy atom. The van der Waals surface area contributed by atoms with E-state index in [-0.39, 0.29) is 0 Å². The molecule has 0 aromatic rings. The summed E-state index contributed by atoms with van der Waals surface area (Å²) >= 11 is 0. The molecular formula is C13H26O3. The molecule has 16 heavy (non-hydrogen) atoms. The lowest BCUT2D eigenvalue weighted by Crippen LogP contribution is -2.41. The Bertz CT molecular complexity index is 184. The van der Waals surface area contributed by atoms with E-state index < -0.39 is 11.7 Å². The molecule has 1 rings (SSSR count). The standard InChI is InChI=1S/C13H26O3/c1-3-13(15,4-2)12(14)9-5-7-11-8-6-10-16-11/h11-12,14-15H,3-10H2,1-2H3. The first-order chi connectivity index (χ1) is 7.62. The molecule has 0 aromatic carbocycles. The van der Waals surface area contributed by atoms with Gasteiger partial charge in [-0.2, -0.15) is 0 Å². The Balaban J connectivity index is 2.20. The van der Waals surface area contributed by atoms with Crippen LogP contribution in [0.15, 0.2) is 0 Å². The molecule has 1 aliphatic heterocycles. The number of hydrogen-bond donors (Lipinski definition) is 2. The number of hydrogen-bond acceptors (Lipinski definition) is 3. The van der Waals surface area contributed by atoms with E-state index in [1.165, 1.54) is 6.42 Å². The minimum Gasteiger partial charge on any atom is -0.390 e. The van der Waals surface area contributed by atoms with Gasteiger partial charge in [-0.25, -0.2) is 0 Å². The fourth-order valence-corrected chi connectivity index (χ4v) is 2.40. The maximum atomic E-state index is 10.1. The first-order valence-corrected chi connectivity index (χ1v) is 6.64. The molecular weight excluding hydrogens is 204 g/mol.